The highest BCUT2D eigenvalue weighted by atomic mass is 32.2. The first-order valence-corrected chi connectivity index (χ1v) is 7.95. The van der Waals surface area contributed by atoms with Crippen LogP contribution in [-0.2, 0) is 4.74 Å². The molecule has 0 saturated heterocycles. The predicted octanol–water partition coefficient (Wildman–Crippen LogP) is 3.36. The van der Waals surface area contributed by atoms with Crippen LogP contribution in [0.4, 0.5) is 5.69 Å². The van der Waals surface area contributed by atoms with E-state index >= 15 is 0 Å². The van der Waals surface area contributed by atoms with E-state index in [1.165, 1.54) is 0 Å². The number of carboxylic acids is 1. The van der Waals surface area contributed by atoms with Gasteiger partial charge in [0.05, 0.1) is 17.9 Å². The topological polar surface area (TPSA) is 49.8 Å². The van der Waals surface area contributed by atoms with Crippen molar-refractivity contribution in [3.05, 3.63) is 23.8 Å². The molecule has 5 heteroatoms. The van der Waals surface area contributed by atoms with E-state index in [1.54, 1.807) is 11.8 Å². The first-order valence-electron chi connectivity index (χ1n) is 6.97. The Labute approximate surface area is 125 Å². The van der Waals surface area contributed by atoms with Gasteiger partial charge in [0, 0.05) is 24.6 Å². The zero-order chi connectivity index (χ0) is 15.0. The van der Waals surface area contributed by atoms with Gasteiger partial charge in [-0.3, -0.25) is 0 Å². The number of ether oxygens (including phenoxy) is 1. The number of thioether (sulfide) groups is 1. The van der Waals surface area contributed by atoms with E-state index < -0.39 is 5.97 Å². The van der Waals surface area contributed by atoms with Crippen molar-refractivity contribution in [1.82, 2.24) is 0 Å². The lowest BCUT2D eigenvalue weighted by Crippen LogP contribution is -2.29. The first-order chi connectivity index (χ1) is 9.65. The molecule has 0 atom stereocenters. The minimum absolute atomic E-state index is 0.401. The fourth-order valence-corrected chi connectivity index (χ4v) is 2.86. The van der Waals surface area contributed by atoms with Crippen molar-refractivity contribution in [2.75, 3.05) is 37.0 Å². The van der Waals surface area contributed by atoms with Gasteiger partial charge in [-0.1, -0.05) is 13.0 Å². The van der Waals surface area contributed by atoms with E-state index in [-0.39, 0.29) is 0 Å². The standard InChI is InChI=1S/C15H23NO3S/c1-4-16(10-11-19-5-2)12-8-7-9-13(20-6-3)14(12)15(17)18/h7-9H,4-6,10-11H2,1-3H3,(H,17,18). The van der Waals surface area contributed by atoms with Crippen molar-refractivity contribution in [1.29, 1.82) is 0 Å². The van der Waals surface area contributed by atoms with Crippen molar-refractivity contribution >= 4 is 23.4 Å². The Morgan fingerprint density at radius 1 is 1.35 bits per heavy atom. The summed E-state index contributed by atoms with van der Waals surface area (Å²) in [6.07, 6.45) is 0. The van der Waals surface area contributed by atoms with Crippen LogP contribution in [-0.4, -0.2) is 43.1 Å². The highest BCUT2D eigenvalue weighted by Gasteiger charge is 2.19. The van der Waals surface area contributed by atoms with Crippen LogP contribution in [0.1, 0.15) is 31.1 Å². The predicted molar refractivity (Wildman–Crippen MR) is 84.2 cm³/mol. The zero-order valence-electron chi connectivity index (χ0n) is 12.4. The molecule has 0 aliphatic rings. The second kappa shape index (κ2) is 8.87. The van der Waals surface area contributed by atoms with Gasteiger partial charge in [-0.15, -0.1) is 11.8 Å². The van der Waals surface area contributed by atoms with Crippen LogP contribution in [0, 0.1) is 0 Å². The van der Waals surface area contributed by atoms with E-state index in [0.717, 1.165) is 22.9 Å². The summed E-state index contributed by atoms with van der Waals surface area (Å²) >= 11 is 1.56. The summed E-state index contributed by atoms with van der Waals surface area (Å²) in [7, 11) is 0. The molecule has 112 valence electrons. The summed E-state index contributed by atoms with van der Waals surface area (Å²) in [6.45, 7) is 8.74. The number of hydrogen-bond acceptors (Lipinski definition) is 4. The summed E-state index contributed by atoms with van der Waals surface area (Å²) in [6, 6.07) is 5.67. The molecule has 20 heavy (non-hydrogen) atoms. The summed E-state index contributed by atoms with van der Waals surface area (Å²) < 4.78 is 5.37. The lowest BCUT2D eigenvalue weighted by molar-refractivity contribution is 0.0693. The highest BCUT2D eigenvalue weighted by molar-refractivity contribution is 7.99. The second-order valence-electron chi connectivity index (χ2n) is 4.17. The summed E-state index contributed by atoms with van der Waals surface area (Å²) in [4.78, 5) is 14.5. The maximum Gasteiger partial charge on any atom is 0.338 e. The number of aromatic carboxylic acids is 1. The van der Waals surface area contributed by atoms with Gasteiger partial charge in [-0.2, -0.15) is 0 Å². The van der Waals surface area contributed by atoms with E-state index in [4.69, 9.17) is 4.74 Å². The smallest absolute Gasteiger partial charge is 0.338 e. The molecule has 0 heterocycles. The van der Waals surface area contributed by atoms with Gasteiger partial charge in [-0.25, -0.2) is 4.79 Å². The molecule has 1 aromatic carbocycles. The third kappa shape index (κ3) is 4.42. The van der Waals surface area contributed by atoms with Crippen molar-refractivity contribution in [2.24, 2.45) is 0 Å². The van der Waals surface area contributed by atoms with Gasteiger partial charge in [0.25, 0.3) is 0 Å². The third-order valence-corrected chi connectivity index (χ3v) is 3.89. The van der Waals surface area contributed by atoms with Gasteiger partial charge in [0.2, 0.25) is 0 Å². The van der Waals surface area contributed by atoms with Gasteiger partial charge < -0.3 is 14.7 Å². The number of anilines is 1. The quantitative estimate of drug-likeness (QED) is 0.559. The van der Waals surface area contributed by atoms with Gasteiger partial charge in [-0.05, 0) is 31.7 Å². The molecule has 1 aromatic rings. The number of likely N-dealkylation sites (N-methyl/N-ethyl adjacent to an activating group) is 1. The van der Waals surface area contributed by atoms with Gasteiger partial charge in [0.1, 0.15) is 0 Å². The summed E-state index contributed by atoms with van der Waals surface area (Å²) in [5.41, 5.74) is 1.18. The lowest BCUT2D eigenvalue weighted by Gasteiger charge is -2.25. The molecule has 0 aliphatic carbocycles. The number of carboxylic acid groups (broad SMARTS) is 1. The van der Waals surface area contributed by atoms with Crippen LogP contribution in [0.2, 0.25) is 0 Å². The first kappa shape index (κ1) is 16.9. The van der Waals surface area contributed by atoms with Crippen LogP contribution < -0.4 is 4.90 Å². The van der Waals surface area contributed by atoms with Crippen LogP contribution in [0.3, 0.4) is 0 Å². The maximum absolute atomic E-state index is 11.6. The Bertz CT molecular complexity index is 437. The van der Waals surface area contributed by atoms with Crippen LogP contribution in [0.25, 0.3) is 0 Å². The molecule has 0 radical (unpaired) electrons. The Balaban J connectivity index is 3.07. The number of rotatable bonds is 9. The minimum atomic E-state index is -0.869. The summed E-state index contributed by atoms with van der Waals surface area (Å²) in [5.74, 6) is -0.0131. The van der Waals surface area contributed by atoms with E-state index in [2.05, 4.69) is 4.90 Å². The molecule has 0 bridgehead atoms. The van der Waals surface area contributed by atoms with E-state index in [0.29, 0.717) is 25.3 Å². The fraction of sp³-hybridized carbons (Fsp3) is 0.533. The maximum atomic E-state index is 11.6. The average molecular weight is 297 g/mol. The molecule has 0 aromatic heterocycles. The number of carbonyl (C=O) groups is 1. The monoisotopic (exact) mass is 297 g/mol. The van der Waals surface area contributed by atoms with E-state index in [9.17, 15) is 9.90 Å². The average Bonchev–Trinajstić information content (AvgIpc) is 2.43. The van der Waals surface area contributed by atoms with Gasteiger partial charge in [0.15, 0.2) is 0 Å². The molecule has 0 fully saturated rings. The van der Waals surface area contributed by atoms with Crippen LogP contribution in [0.15, 0.2) is 23.1 Å². The SMILES string of the molecule is CCOCCN(CC)c1cccc(SCC)c1C(=O)O. The van der Waals surface area contributed by atoms with E-state index in [1.807, 2.05) is 39.0 Å². The summed E-state index contributed by atoms with van der Waals surface area (Å²) in [5, 5.41) is 9.52. The Morgan fingerprint density at radius 3 is 2.65 bits per heavy atom. The molecule has 0 spiro atoms. The fourth-order valence-electron chi connectivity index (χ4n) is 2.04. The van der Waals surface area contributed by atoms with Gasteiger partial charge >= 0.3 is 5.97 Å². The number of nitrogens with zero attached hydrogens (tertiary/aromatic N) is 1. The molecular formula is C15H23NO3S. The molecule has 0 unspecified atom stereocenters. The lowest BCUT2D eigenvalue weighted by atomic mass is 10.1. The van der Waals surface area contributed by atoms with Crippen LogP contribution in [0.5, 0.6) is 0 Å². The van der Waals surface area contributed by atoms with Crippen molar-refractivity contribution in [3.63, 3.8) is 0 Å². The largest absolute Gasteiger partial charge is 0.478 e. The minimum Gasteiger partial charge on any atom is -0.478 e. The molecule has 1 N–H and O–H groups in total. The molecule has 0 aliphatic heterocycles. The normalized spacial score (nSPS) is 10.6. The molecule has 0 amide bonds. The molecule has 0 saturated carbocycles. The number of benzene rings is 1. The molecule has 4 nitrogen and oxygen atoms in total. The number of hydrogen-bond donors (Lipinski definition) is 1. The Hall–Kier alpha value is -1.20. The third-order valence-electron chi connectivity index (χ3n) is 2.95. The van der Waals surface area contributed by atoms with Crippen molar-refractivity contribution in [3.8, 4) is 0 Å². The molecule has 1 rings (SSSR count). The van der Waals surface area contributed by atoms with Crippen molar-refractivity contribution in [2.45, 2.75) is 25.7 Å². The Kier molecular flexibility index (Phi) is 7.47. The van der Waals surface area contributed by atoms with Crippen molar-refractivity contribution < 1.29 is 14.6 Å². The Morgan fingerprint density at radius 2 is 2.10 bits per heavy atom. The highest BCUT2D eigenvalue weighted by Crippen LogP contribution is 2.30. The second-order valence-corrected chi connectivity index (χ2v) is 5.47. The zero-order valence-corrected chi connectivity index (χ0v) is 13.2. The molecular weight excluding hydrogens is 274 g/mol. The van der Waals surface area contributed by atoms with Crippen LogP contribution >= 0.6 is 11.8 Å².